The van der Waals surface area contributed by atoms with Crippen LogP contribution in [0.5, 0.6) is 5.75 Å². The molecule has 0 saturated carbocycles. The Morgan fingerprint density at radius 3 is 2.88 bits per heavy atom. The number of amides is 1. The smallest absolute Gasteiger partial charge is 0.255 e. The molecule has 1 aromatic carbocycles. The predicted octanol–water partition coefficient (Wildman–Crippen LogP) is 1.56. The van der Waals surface area contributed by atoms with Crippen molar-refractivity contribution in [3.8, 4) is 5.75 Å². The van der Waals surface area contributed by atoms with Crippen molar-refractivity contribution in [3.05, 3.63) is 29.3 Å². The zero-order valence-corrected chi connectivity index (χ0v) is 10.4. The molecular formula is C13H20N2O2. The van der Waals surface area contributed by atoms with E-state index in [0.29, 0.717) is 12.1 Å². The number of aryl methyl sites for hydroxylation is 1. The van der Waals surface area contributed by atoms with Gasteiger partial charge in [0.25, 0.3) is 5.91 Å². The quantitative estimate of drug-likeness (QED) is 0.726. The summed E-state index contributed by atoms with van der Waals surface area (Å²) < 4.78 is 0. The summed E-state index contributed by atoms with van der Waals surface area (Å²) in [6.45, 7) is 4.42. The molecule has 4 N–H and O–H groups in total. The van der Waals surface area contributed by atoms with Crippen LogP contribution >= 0.6 is 0 Å². The van der Waals surface area contributed by atoms with E-state index >= 15 is 0 Å². The van der Waals surface area contributed by atoms with Gasteiger partial charge in [-0.3, -0.25) is 4.79 Å². The number of hydrogen-bond donors (Lipinski definition) is 3. The standard InChI is InChI=1S/C13H20N2O2/c1-3-10(14)6-7-15-13(17)11-8-9(2)4-5-12(11)16/h4-5,8,10,16H,3,6-7,14H2,1-2H3,(H,15,17). The summed E-state index contributed by atoms with van der Waals surface area (Å²) in [6.07, 6.45) is 1.64. The Hall–Kier alpha value is -1.55. The summed E-state index contributed by atoms with van der Waals surface area (Å²) >= 11 is 0. The summed E-state index contributed by atoms with van der Waals surface area (Å²) in [5, 5.41) is 12.3. The van der Waals surface area contributed by atoms with Crippen molar-refractivity contribution in [1.29, 1.82) is 0 Å². The second-order valence-corrected chi connectivity index (χ2v) is 4.23. The highest BCUT2D eigenvalue weighted by molar-refractivity contribution is 5.96. The molecule has 4 nitrogen and oxygen atoms in total. The Kier molecular flexibility index (Phi) is 4.97. The maximum atomic E-state index is 11.8. The van der Waals surface area contributed by atoms with Crippen LogP contribution in [0.15, 0.2) is 18.2 Å². The van der Waals surface area contributed by atoms with Gasteiger partial charge in [0.2, 0.25) is 0 Å². The molecule has 94 valence electrons. The maximum absolute atomic E-state index is 11.8. The molecule has 4 heteroatoms. The van der Waals surface area contributed by atoms with Gasteiger partial charge in [-0.05, 0) is 31.9 Å². The number of carbonyl (C=O) groups is 1. The first kappa shape index (κ1) is 13.5. The van der Waals surface area contributed by atoms with Crippen LogP contribution in [0.2, 0.25) is 0 Å². The van der Waals surface area contributed by atoms with Gasteiger partial charge in [-0.15, -0.1) is 0 Å². The number of hydrogen-bond acceptors (Lipinski definition) is 3. The first-order valence-corrected chi connectivity index (χ1v) is 5.88. The van der Waals surface area contributed by atoms with E-state index in [1.807, 2.05) is 13.8 Å². The van der Waals surface area contributed by atoms with Crippen molar-refractivity contribution in [2.45, 2.75) is 32.7 Å². The molecule has 0 bridgehead atoms. The molecular weight excluding hydrogens is 216 g/mol. The lowest BCUT2D eigenvalue weighted by Crippen LogP contribution is -2.30. The summed E-state index contributed by atoms with van der Waals surface area (Å²) in [6, 6.07) is 5.08. The van der Waals surface area contributed by atoms with Gasteiger partial charge in [-0.1, -0.05) is 18.6 Å². The lowest BCUT2D eigenvalue weighted by atomic mass is 10.1. The van der Waals surface area contributed by atoms with Crippen LogP contribution in [0.3, 0.4) is 0 Å². The number of nitrogens with two attached hydrogens (primary N) is 1. The van der Waals surface area contributed by atoms with Gasteiger partial charge in [0.05, 0.1) is 5.56 Å². The SMILES string of the molecule is CCC(N)CCNC(=O)c1cc(C)ccc1O. The van der Waals surface area contributed by atoms with Crippen LogP contribution in [0.25, 0.3) is 0 Å². The minimum atomic E-state index is -0.255. The fourth-order valence-electron chi connectivity index (χ4n) is 1.50. The van der Waals surface area contributed by atoms with Crippen LogP contribution in [0.1, 0.15) is 35.7 Å². The fraction of sp³-hybridized carbons (Fsp3) is 0.462. The van der Waals surface area contributed by atoms with Gasteiger partial charge in [-0.2, -0.15) is 0 Å². The number of aromatic hydroxyl groups is 1. The highest BCUT2D eigenvalue weighted by Crippen LogP contribution is 2.17. The zero-order valence-electron chi connectivity index (χ0n) is 10.4. The second kappa shape index (κ2) is 6.25. The van der Waals surface area contributed by atoms with Crippen molar-refractivity contribution in [3.63, 3.8) is 0 Å². The van der Waals surface area contributed by atoms with Crippen LogP contribution < -0.4 is 11.1 Å². The number of benzene rings is 1. The normalized spacial score (nSPS) is 12.2. The van der Waals surface area contributed by atoms with E-state index in [9.17, 15) is 9.90 Å². The molecule has 0 aromatic heterocycles. The molecule has 17 heavy (non-hydrogen) atoms. The lowest BCUT2D eigenvalue weighted by molar-refractivity contribution is 0.0950. The Bertz CT molecular complexity index is 391. The molecule has 0 aliphatic carbocycles. The molecule has 1 amide bonds. The van der Waals surface area contributed by atoms with E-state index in [-0.39, 0.29) is 17.7 Å². The third-order valence-electron chi connectivity index (χ3n) is 2.72. The third kappa shape index (κ3) is 4.07. The fourth-order valence-corrected chi connectivity index (χ4v) is 1.50. The van der Waals surface area contributed by atoms with Gasteiger partial charge < -0.3 is 16.2 Å². The van der Waals surface area contributed by atoms with Gasteiger partial charge in [0, 0.05) is 12.6 Å². The average Bonchev–Trinajstić information content (AvgIpc) is 2.31. The molecule has 0 heterocycles. The molecule has 0 fully saturated rings. The van der Waals surface area contributed by atoms with Crippen molar-refractivity contribution in [1.82, 2.24) is 5.32 Å². The first-order chi connectivity index (χ1) is 8.04. The van der Waals surface area contributed by atoms with Crippen LogP contribution in [-0.2, 0) is 0 Å². The van der Waals surface area contributed by atoms with Crippen molar-refractivity contribution in [2.24, 2.45) is 5.73 Å². The molecule has 1 aromatic rings. The van der Waals surface area contributed by atoms with Crippen LogP contribution in [0.4, 0.5) is 0 Å². The minimum absolute atomic E-state index is 0.00731. The zero-order chi connectivity index (χ0) is 12.8. The first-order valence-electron chi connectivity index (χ1n) is 5.88. The Balaban J connectivity index is 2.55. The lowest BCUT2D eigenvalue weighted by Gasteiger charge is -2.10. The molecule has 1 rings (SSSR count). The molecule has 0 saturated heterocycles. The van der Waals surface area contributed by atoms with Gasteiger partial charge in [0.1, 0.15) is 5.75 Å². The van der Waals surface area contributed by atoms with E-state index in [1.54, 1.807) is 12.1 Å². The van der Waals surface area contributed by atoms with Gasteiger partial charge in [-0.25, -0.2) is 0 Å². The maximum Gasteiger partial charge on any atom is 0.255 e. The summed E-state index contributed by atoms with van der Waals surface area (Å²) in [4.78, 5) is 11.8. The largest absolute Gasteiger partial charge is 0.507 e. The van der Waals surface area contributed by atoms with E-state index in [0.717, 1.165) is 18.4 Å². The van der Waals surface area contributed by atoms with Crippen LogP contribution in [-0.4, -0.2) is 23.6 Å². The molecule has 1 unspecified atom stereocenters. The number of carbonyl (C=O) groups excluding carboxylic acids is 1. The minimum Gasteiger partial charge on any atom is -0.507 e. The van der Waals surface area contributed by atoms with E-state index in [4.69, 9.17) is 5.73 Å². The van der Waals surface area contributed by atoms with Crippen molar-refractivity contribution < 1.29 is 9.90 Å². The Labute approximate surface area is 102 Å². The molecule has 0 aliphatic rings. The van der Waals surface area contributed by atoms with Crippen molar-refractivity contribution in [2.75, 3.05) is 6.54 Å². The summed E-state index contributed by atoms with van der Waals surface area (Å²) in [5.41, 5.74) is 7.01. The molecule has 0 aliphatic heterocycles. The molecule has 0 spiro atoms. The van der Waals surface area contributed by atoms with Gasteiger partial charge >= 0.3 is 0 Å². The predicted molar refractivity (Wildman–Crippen MR) is 68.1 cm³/mol. The second-order valence-electron chi connectivity index (χ2n) is 4.23. The number of phenols is 1. The average molecular weight is 236 g/mol. The topological polar surface area (TPSA) is 75.3 Å². The van der Waals surface area contributed by atoms with E-state index in [2.05, 4.69) is 5.32 Å². The van der Waals surface area contributed by atoms with Crippen LogP contribution in [0, 0.1) is 6.92 Å². The highest BCUT2D eigenvalue weighted by Gasteiger charge is 2.10. The number of phenolic OH excluding ortho intramolecular Hbond substituents is 1. The van der Waals surface area contributed by atoms with Gasteiger partial charge in [0.15, 0.2) is 0 Å². The number of rotatable bonds is 5. The van der Waals surface area contributed by atoms with E-state index in [1.165, 1.54) is 6.07 Å². The highest BCUT2D eigenvalue weighted by atomic mass is 16.3. The Morgan fingerprint density at radius 2 is 2.24 bits per heavy atom. The Morgan fingerprint density at radius 1 is 1.53 bits per heavy atom. The summed E-state index contributed by atoms with van der Waals surface area (Å²) in [5.74, 6) is -0.248. The number of nitrogens with one attached hydrogen (secondary N) is 1. The monoisotopic (exact) mass is 236 g/mol. The van der Waals surface area contributed by atoms with E-state index < -0.39 is 0 Å². The third-order valence-corrected chi connectivity index (χ3v) is 2.72. The summed E-state index contributed by atoms with van der Waals surface area (Å²) in [7, 11) is 0. The molecule has 1 atom stereocenters. The molecule has 0 radical (unpaired) electrons. The van der Waals surface area contributed by atoms with Crippen molar-refractivity contribution >= 4 is 5.91 Å².